The number of hydrogen-bond donors (Lipinski definition) is 1. The first kappa shape index (κ1) is 15.6. The fourth-order valence-electron chi connectivity index (χ4n) is 2.05. The summed E-state index contributed by atoms with van der Waals surface area (Å²) >= 11 is 7.14. The average Bonchev–Trinajstić information content (AvgIpc) is 3.04. The Bertz CT molecular complexity index is 830. The van der Waals surface area contributed by atoms with Crippen LogP contribution in [0.25, 0.3) is 10.6 Å². The van der Waals surface area contributed by atoms with Crippen LogP contribution in [-0.2, 0) is 5.88 Å². The monoisotopic (exact) mass is 343 g/mol. The molecule has 0 bridgehead atoms. The van der Waals surface area contributed by atoms with Crippen molar-refractivity contribution >= 4 is 34.0 Å². The van der Waals surface area contributed by atoms with E-state index in [4.69, 9.17) is 11.6 Å². The molecule has 0 spiro atoms. The number of benzene rings is 2. The van der Waals surface area contributed by atoms with E-state index in [1.807, 2.05) is 43.3 Å². The molecule has 0 atom stereocenters. The minimum Gasteiger partial charge on any atom is -0.296 e. The average molecular weight is 344 g/mol. The number of rotatable bonds is 4. The van der Waals surface area contributed by atoms with Crippen molar-refractivity contribution in [1.29, 1.82) is 0 Å². The number of nitrogens with zero attached hydrogens (tertiary/aromatic N) is 2. The van der Waals surface area contributed by atoms with Crippen molar-refractivity contribution in [1.82, 2.24) is 10.2 Å². The fourth-order valence-corrected chi connectivity index (χ4v) is 2.96. The molecule has 0 radical (unpaired) electrons. The maximum atomic E-state index is 12.3. The Hall–Kier alpha value is -2.24. The van der Waals surface area contributed by atoms with Crippen molar-refractivity contribution in [2.45, 2.75) is 12.8 Å². The van der Waals surface area contributed by atoms with Crippen LogP contribution in [0.3, 0.4) is 0 Å². The van der Waals surface area contributed by atoms with E-state index < -0.39 is 0 Å². The first-order valence-electron chi connectivity index (χ1n) is 7.02. The quantitative estimate of drug-likeness (QED) is 0.709. The van der Waals surface area contributed by atoms with Gasteiger partial charge in [-0.3, -0.25) is 10.1 Å². The molecule has 2 aromatic carbocycles. The molecule has 3 rings (SSSR count). The predicted octanol–water partition coefficient (Wildman–Crippen LogP) is 4.50. The molecule has 23 heavy (non-hydrogen) atoms. The molecule has 3 aromatic rings. The lowest BCUT2D eigenvalue weighted by Gasteiger charge is -2.02. The van der Waals surface area contributed by atoms with Gasteiger partial charge in [-0.05, 0) is 24.6 Å². The van der Waals surface area contributed by atoms with Gasteiger partial charge < -0.3 is 0 Å². The summed E-state index contributed by atoms with van der Waals surface area (Å²) in [4.78, 5) is 12.3. The van der Waals surface area contributed by atoms with Gasteiger partial charge in [-0.2, -0.15) is 0 Å². The van der Waals surface area contributed by atoms with Crippen molar-refractivity contribution in [3.8, 4) is 10.6 Å². The van der Waals surface area contributed by atoms with Crippen molar-refractivity contribution in [3.63, 3.8) is 0 Å². The zero-order valence-corrected chi connectivity index (χ0v) is 14.0. The molecular weight excluding hydrogens is 330 g/mol. The van der Waals surface area contributed by atoms with Gasteiger partial charge in [0.2, 0.25) is 5.13 Å². The Morgan fingerprint density at radius 2 is 1.96 bits per heavy atom. The van der Waals surface area contributed by atoms with Crippen molar-refractivity contribution in [2.75, 3.05) is 5.32 Å². The topological polar surface area (TPSA) is 54.9 Å². The van der Waals surface area contributed by atoms with Gasteiger partial charge in [0.05, 0.1) is 0 Å². The van der Waals surface area contributed by atoms with Gasteiger partial charge in [-0.15, -0.1) is 21.8 Å². The standard InChI is InChI=1S/C17H14ClN3OS/c1-11-5-7-13(8-6-11)16-20-21-17(23-16)19-15(22)14-4-2-3-12(9-14)10-18/h2-9H,10H2,1H3,(H,19,21,22). The van der Waals surface area contributed by atoms with Crippen LogP contribution < -0.4 is 5.32 Å². The summed E-state index contributed by atoms with van der Waals surface area (Å²) in [5, 5.41) is 12.2. The van der Waals surface area contributed by atoms with Gasteiger partial charge in [0.15, 0.2) is 0 Å². The highest BCUT2D eigenvalue weighted by Gasteiger charge is 2.11. The zero-order chi connectivity index (χ0) is 16.2. The Morgan fingerprint density at radius 1 is 1.17 bits per heavy atom. The number of anilines is 1. The normalized spacial score (nSPS) is 10.5. The van der Waals surface area contributed by atoms with Crippen LogP contribution in [0, 0.1) is 6.92 Å². The van der Waals surface area contributed by atoms with Gasteiger partial charge in [0.25, 0.3) is 5.91 Å². The first-order chi connectivity index (χ1) is 11.2. The number of amides is 1. The van der Waals surface area contributed by atoms with Gasteiger partial charge in [-0.1, -0.05) is 53.3 Å². The minimum absolute atomic E-state index is 0.219. The van der Waals surface area contributed by atoms with Gasteiger partial charge in [-0.25, -0.2) is 0 Å². The fraction of sp³-hybridized carbons (Fsp3) is 0.118. The molecule has 1 amide bonds. The molecule has 0 aliphatic heterocycles. The van der Waals surface area contributed by atoms with E-state index in [1.54, 1.807) is 12.1 Å². The summed E-state index contributed by atoms with van der Waals surface area (Å²) in [5.74, 6) is 0.154. The highest BCUT2D eigenvalue weighted by atomic mass is 35.5. The Labute approximate surface area is 143 Å². The lowest BCUT2D eigenvalue weighted by molar-refractivity contribution is 0.102. The van der Waals surface area contributed by atoms with E-state index in [0.29, 0.717) is 16.6 Å². The van der Waals surface area contributed by atoms with E-state index in [-0.39, 0.29) is 5.91 Å². The predicted molar refractivity (Wildman–Crippen MR) is 94.0 cm³/mol. The Balaban J connectivity index is 1.75. The first-order valence-corrected chi connectivity index (χ1v) is 8.37. The number of aromatic nitrogens is 2. The van der Waals surface area contributed by atoms with E-state index >= 15 is 0 Å². The van der Waals surface area contributed by atoms with E-state index in [2.05, 4.69) is 15.5 Å². The summed E-state index contributed by atoms with van der Waals surface area (Å²) in [6.45, 7) is 2.03. The van der Waals surface area contributed by atoms with Crippen molar-refractivity contribution in [2.24, 2.45) is 0 Å². The van der Waals surface area contributed by atoms with Crippen LogP contribution in [0.4, 0.5) is 5.13 Å². The van der Waals surface area contributed by atoms with Crippen LogP contribution in [0.15, 0.2) is 48.5 Å². The van der Waals surface area contributed by atoms with Crippen LogP contribution in [0.5, 0.6) is 0 Å². The molecule has 1 N–H and O–H groups in total. The molecule has 4 nitrogen and oxygen atoms in total. The second kappa shape index (κ2) is 6.89. The number of carbonyl (C=O) groups is 1. The number of aryl methyl sites for hydroxylation is 1. The summed E-state index contributed by atoms with van der Waals surface area (Å²) in [5.41, 5.74) is 3.62. The lowest BCUT2D eigenvalue weighted by atomic mass is 10.1. The number of nitrogens with one attached hydrogen (secondary N) is 1. The third kappa shape index (κ3) is 3.75. The second-order valence-electron chi connectivity index (χ2n) is 5.07. The van der Waals surface area contributed by atoms with Crippen LogP contribution in [-0.4, -0.2) is 16.1 Å². The lowest BCUT2D eigenvalue weighted by Crippen LogP contribution is -2.11. The van der Waals surface area contributed by atoms with Gasteiger partial charge in [0, 0.05) is 17.0 Å². The van der Waals surface area contributed by atoms with Crippen LogP contribution >= 0.6 is 22.9 Å². The summed E-state index contributed by atoms with van der Waals surface area (Å²) in [7, 11) is 0. The maximum absolute atomic E-state index is 12.3. The highest BCUT2D eigenvalue weighted by molar-refractivity contribution is 7.18. The number of alkyl halides is 1. The molecule has 0 fully saturated rings. The second-order valence-corrected chi connectivity index (χ2v) is 6.31. The largest absolute Gasteiger partial charge is 0.296 e. The molecule has 0 saturated carbocycles. The maximum Gasteiger partial charge on any atom is 0.257 e. The number of hydrogen-bond acceptors (Lipinski definition) is 4. The van der Waals surface area contributed by atoms with E-state index in [0.717, 1.165) is 16.1 Å². The van der Waals surface area contributed by atoms with Gasteiger partial charge >= 0.3 is 0 Å². The smallest absolute Gasteiger partial charge is 0.257 e. The molecule has 0 aliphatic rings. The SMILES string of the molecule is Cc1ccc(-c2nnc(NC(=O)c3cccc(CCl)c3)s2)cc1. The third-order valence-corrected chi connectivity index (χ3v) is 4.48. The molecule has 0 aliphatic carbocycles. The minimum atomic E-state index is -0.219. The summed E-state index contributed by atoms with van der Waals surface area (Å²) < 4.78 is 0. The van der Waals surface area contributed by atoms with Crippen LogP contribution in [0.1, 0.15) is 21.5 Å². The number of carbonyl (C=O) groups excluding carboxylic acids is 1. The molecular formula is C17H14ClN3OS. The summed E-state index contributed by atoms with van der Waals surface area (Å²) in [6, 6.07) is 15.2. The van der Waals surface area contributed by atoms with E-state index in [1.165, 1.54) is 16.9 Å². The highest BCUT2D eigenvalue weighted by Crippen LogP contribution is 2.26. The Morgan fingerprint density at radius 3 is 2.70 bits per heavy atom. The van der Waals surface area contributed by atoms with E-state index in [9.17, 15) is 4.79 Å². The van der Waals surface area contributed by atoms with Crippen LogP contribution in [0.2, 0.25) is 0 Å². The molecule has 1 aromatic heterocycles. The molecule has 116 valence electrons. The Kier molecular flexibility index (Phi) is 4.69. The molecule has 1 heterocycles. The molecule has 6 heteroatoms. The number of halogens is 1. The third-order valence-electron chi connectivity index (χ3n) is 3.29. The molecule has 0 saturated heterocycles. The zero-order valence-electron chi connectivity index (χ0n) is 12.4. The van der Waals surface area contributed by atoms with Gasteiger partial charge in [0.1, 0.15) is 5.01 Å². The summed E-state index contributed by atoms with van der Waals surface area (Å²) in [6.07, 6.45) is 0. The van der Waals surface area contributed by atoms with Crippen molar-refractivity contribution < 1.29 is 4.79 Å². The molecule has 0 unspecified atom stereocenters. The van der Waals surface area contributed by atoms with Crippen molar-refractivity contribution in [3.05, 3.63) is 65.2 Å².